The molecule has 27 heavy (non-hydrogen) atoms. The lowest BCUT2D eigenvalue weighted by Gasteiger charge is -2.32. The van der Waals surface area contributed by atoms with Gasteiger partial charge in [-0.3, -0.25) is 0 Å². The second-order valence-corrected chi connectivity index (χ2v) is 9.53. The van der Waals surface area contributed by atoms with Crippen molar-refractivity contribution in [3.05, 3.63) is 11.6 Å². The fourth-order valence-electron chi connectivity index (χ4n) is 4.17. The molecule has 2 aliphatic carbocycles. The molecule has 2 N–H and O–H groups in total. The molecule has 0 bridgehead atoms. The summed E-state index contributed by atoms with van der Waals surface area (Å²) >= 11 is 2.11. The lowest BCUT2D eigenvalue weighted by atomic mass is 9.94. The van der Waals surface area contributed by atoms with Crippen LogP contribution in [0.4, 0.5) is 0 Å². The Labute approximate surface area is 168 Å². The summed E-state index contributed by atoms with van der Waals surface area (Å²) in [7, 11) is 2.01. The van der Waals surface area contributed by atoms with Crippen molar-refractivity contribution in [1.82, 2.24) is 25.4 Å². The fourth-order valence-corrected chi connectivity index (χ4v) is 5.34. The van der Waals surface area contributed by atoms with E-state index in [0.717, 1.165) is 22.9 Å². The molecule has 0 spiro atoms. The molecule has 2 fully saturated rings. The first-order valence-corrected chi connectivity index (χ1v) is 11.7. The van der Waals surface area contributed by atoms with Crippen LogP contribution < -0.4 is 10.6 Å². The van der Waals surface area contributed by atoms with Crippen molar-refractivity contribution < 1.29 is 0 Å². The minimum atomic E-state index is 0.527. The van der Waals surface area contributed by atoms with Gasteiger partial charge in [-0.1, -0.05) is 32.6 Å². The van der Waals surface area contributed by atoms with Gasteiger partial charge in [-0.2, -0.15) is 11.8 Å². The normalized spacial score (nSPS) is 24.8. The van der Waals surface area contributed by atoms with E-state index in [4.69, 9.17) is 4.99 Å². The Hall–Kier alpha value is -1.24. The van der Waals surface area contributed by atoms with Gasteiger partial charge in [0, 0.05) is 24.4 Å². The Morgan fingerprint density at radius 2 is 1.81 bits per heavy atom. The van der Waals surface area contributed by atoms with Crippen molar-refractivity contribution in [2.75, 3.05) is 5.75 Å². The first kappa shape index (κ1) is 20.5. The van der Waals surface area contributed by atoms with Crippen LogP contribution >= 0.6 is 11.8 Å². The highest BCUT2D eigenvalue weighted by molar-refractivity contribution is 7.99. The van der Waals surface area contributed by atoms with Crippen LogP contribution in [0.25, 0.3) is 0 Å². The molecule has 1 aromatic rings. The number of rotatable bonds is 6. The molecular weight excluding hydrogens is 356 g/mol. The van der Waals surface area contributed by atoms with E-state index in [1.54, 1.807) is 0 Å². The summed E-state index contributed by atoms with van der Waals surface area (Å²) in [6, 6.07) is 1.08. The molecule has 2 aliphatic rings. The van der Waals surface area contributed by atoms with Crippen molar-refractivity contribution in [3.63, 3.8) is 0 Å². The Kier molecular flexibility index (Phi) is 7.85. The third-order valence-electron chi connectivity index (χ3n) is 5.88. The van der Waals surface area contributed by atoms with Gasteiger partial charge >= 0.3 is 0 Å². The summed E-state index contributed by atoms with van der Waals surface area (Å²) in [6.45, 7) is 4.81. The van der Waals surface area contributed by atoms with Crippen molar-refractivity contribution in [3.8, 4) is 0 Å². The van der Waals surface area contributed by atoms with Gasteiger partial charge in [0.25, 0.3) is 0 Å². The van der Waals surface area contributed by atoms with E-state index < -0.39 is 0 Å². The minimum Gasteiger partial charge on any atom is -0.354 e. The van der Waals surface area contributed by atoms with E-state index >= 15 is 0 Å². The summed E-state index contributed by atoms with van der Waals surface area (Å²) in [5.41, 5.74) is 0. The monoisotopic (exact) mass is 392 g/mol. The van der Waals surface area contributed by atoms with Gasteiger partial charge in [-0.25, -0.2) is 4.99 Å². The lowest BCUT2D eigenvalue weighted by Crippen LogP contribution is -2.49. The Balaban J connectivity index is 1.64. The molecule has 2 atom stereocenters. The molecule has 6 nitrogen and oxygen atoms in total. The summed E-state index contributed by atoms with van der Waals surface area (Å²) in [5.74, 6) is 4.03. The van der Waals surface area contributed by atoms with E-state index in [1.165, 1.54) is 63.5 Å². The quantitative estimate of drug-likeness (QED) is 0.572. The molecule has 0 radical (unpaired) electrons. The zero-order valence-electron chi connectivity index (χ0n) is 17.2. The van der Waals surface area contributed by atoms with Gasteiger partial charge in [0.05, 0.1) is 0 Å². The smallest absolute Gasteiger partial charge is 0.192 e. The second-order valence-electron chi connectivity index (χ2n) is 7.95. The highest BCUT2D eigenvalue weighted by Crippen LogP contribution is 2.28. The van der Waals surface area contributed by atoms with Crippen LogP contribution in [-0.2, 0) is 13.6 Å². The zero-order valence-corrected chi connectivity index (χ0v) is 18.0. The number of guanidine groups is 1. The number of aliphatic imine (C=N–C) groups is 1. The van der Waals surface area contributed by atoms with Crippen LogP contribution in [-0.4, -0.2) is 43.8 Å². The molecule has 0 saturated heterocycles. The zero-order chi connectivity index (χ0) is 19.1. The van der Waals surface area contributed by atoms with Crippen molar-refractivity contribution in [2.45, 2.75) is 95.5 Å². The van der Waals surface area contributed by atoms with E-state index in [2.05, 4.69) is 39.5 Å². The Bertz CT molecular complexity index is 606. The summed E-state index contributed by atoms with van der Waals surface area (Å²) in [6.07, 6.45) is 11.7. The van der Waals surface area contributed by atoms with Crippen LogP contribution in [0.1, 0.15) is 76.4 Å². The van der Waals surface area contributed by atoms with Crippen LogP contribution in [0.3, 0.4) is 0 Å². The van der Waals surface area contributed by atoms with Gasteiger partial charge in [0.15, 0.2) is 11.8 Å². The molecule has 1 aromatic heterocycles. The molecule has 152 valence electrons. The number of hydrogen-bond donors (Lipinski definition) is 2. The molecule has 0 aliphatic heterocycles. The number of aryl methyl sites for hydroxylation is 1. The van der Waals surface area contributed by atoms with Gasteiger partial charge in [-0.15, -0.1) is 10.2 Å². The van der Waals surface area contributed by atoms with Crippen molar-refractivity contribution in [2.24, 2.45) is 12.0 Å². The first-order chi connectivity index (χ1) is 13.2. The Morgan fingerprint density at radius 3 is 2.52 bits per heavy atom. The fraction of sp³-hybridized carbons (Fsp3) is 0.850. The second kappa shape index (κ2) is 10.3. The summed E-state index contributed by atoms with van der Waals surface area (Å²) in [4.78, 5) is 4.89. The molecule has 1 heterocycles. The number of hydrogen-bond acceptors (Lipinski definition) is 4. The SMILES string of the molecule is CCSC1CCCC(NC(=NCc2nnc(C)n2C)NC2CCCCC2)C1. The maximum absolute atomic E-state index is 4.89. The lowest BCUT2D eigenvalue weighted by molar-refractivity contribution is 0.392. The van der Waals surface area contributed by atoms with Gasteiger partial charge in [0.2, 0.25) is 0 Å². The molecular formula is C20H36N6S. The highest BCUT2D eigenvalue weighted by atomic mass is 32.2. The number of aromatic nitrogens is 3. The first-order valence-electron chi connectivity index (χ1n) is 10.7. The number of thioether (sulfide) groups is 1. The average molecular weight is 393 g/mol. The third-order valence-corrected chi connectivity index (χ3v) is 7.11. The highest BCUT2D eigenvalue weighted by Gasteiger charge is 2.24. The Morgan fingerprint density at radius 1 is 1.07 bits per heavy atom. The topological polar surface area (TPSA) is 67.1 Å². The predicted molar refractivity (Wildman–Crippen MR) is 114 cm³/mol. The number of nitrogens with one attached hydrogen (secondary N) is 2. The maximum Gasteiger partial charge on any atom is 0.192 e. The molecule has 0 amide bonds. The van der Waals surface area contributed by atoms with Crippen molar-refractivity contribution in [1.29, 1.82) is 0 Å². The van der Waals surface area contributed by atoms with E-state index in [0.29, 0.717) is 18.6 Å². The standard InChI is InChI=1S/C20H36N6S/c1-4-27-18-12-8-11-17(13-18)23-20(22-16-9-6-5-7-10-16)21-14-19-25-24-15(2)26(19)3/h16-18H,4-14H2,1-3H3,(H2,21,22,23). The van der Waals surface area contributed by atoms with Crippen LogP contribution in [0.15, 0.2) is 4.99 Å². The van der Waals surface area contributed by atoms with Crippen LogP contribution in [0.5, 0.6) is 0 Å². The molecule has 0 aromatic carbocycles. The largest absolute Gasteiger partial charge is 0.354 e. The van der Waals surface area contributed by atoms with Gasteiger partial charge in [-0.05, 0) is 44.8 Å². The minimum absolute atomic E-state index is 0.527. The average Bonchev–Trinajstić information content (AvgIpc) is 2.99. The molecule has 7 heteroatoms. The molecule has 3 rings (SSSR count). The van der Waals surface area contributed by atoms with Gasteiger partial charge < -0.3 is 15.2 Å². The number of nitrogens with zero attached hydrogens (tertiary/aromatic N) is 4. The van der Waals surface area contributed by atoms with E-state index in [-0.39, 0.29) is 0 Å². The van der Waals surface area contributed by atoms with Crippen molar-refractivity contribution >= 4 is 17.7 Å². The maximum atomic E-state index is 4.89. The molecule has 2 unspecified atom stereocenters. The summed E-state index contributed by atoms with van der Waals surface area (Å²) in [5, 5.41) is 16.7. The van der Waals surface area contributed by atoms with Crippen LogP contribution in [0, 0.1) is 6.92 Å². The predicted octanol–water partition coefficient (Wildman–Crippen LogP) is 3.56. The summed E-state index contributed by atoms with van der Waals surface area (Å²) < 4.78 is 2.02. The van der Waals surface area contributed by atoms with E-state index in [1.807, 2.05) is 18.5 Å². The third kappa shape index (κ3) is 6.13. The van der Waals surface area contributed by atoms with Crippen LogP contribution in [0.2, 0.25) is 0 Å². The van der Waals surface area contributed by atoms with E-state index in [9.17, 15) is 0 Å². The van der Waals surface area contributed by atoms with Gasteiger partial charge in [0.1, 0.15) is 12.4 Å². The molecule has 2 saturated carbocycles.